The van der Waals surface area contributed by atoms with E-state index < -0.39 is 0 Å². The summed E-state index contributed by atoms with van der Waals surface area (Å²) in [6.45, 7) is 4.12. The van der Waals surface area contributed by atoms with E-state index in [-0.39, 0.29) is 11.6 Å². The minimum atomic E-state index is -0.292. The Hall–Kier alpha value is -2.31. The molecule has 0 bridgehead atoms. The first-order valence-electron chi connectivity index (χ1n) is 5.56. The zero-order valence-electron chi connectivity index (χ0n) is 10.6. The van der Waals surface area contributed by atoms with Gasteiger partial charge in [0.1, 0.15) is 0 Å². The van der Waals surface area contributed by atoms with Crippen LogP contribution < -0.4 is 11.1 Å². The Morgan fingerprint density at radius 3 is 2.78 bits per heavy atom. The lowest BCUT2D eigenvalue weighted by Gasteiger charge is -2.03. The van der Waals surface area contributed by atoms with Crippen molar-refractivity contribution in [2.75, 3.05) is 5.73 Å². The van der Waals surface area contributed by atoms with Crippen molar-refractivity contribution in [1.29, 1.82) is 0 Å². The summed E-state index contributed by atoms with van der Waals surface area (Å²) in [6, 6.07) is 0. The number of nitrogen functional groups attached to an aromatic ring is 1. The molecule has 0 atom stereocenters. The number of nitrogens with zero attached hydrogens (tertiary/aromatic N) is 3. The normalized spacial score (nSPS) is 10.6. The number of hydrogen-bond acceptors (Lipinski definition) is 4. The van der Waals surface area contributed by atoms with E-state index in [0.717, 1.165) is 11.3 Å². The first kappa shape index (κ1) is 12.2. The van der Waals surface area contributed by atoms with Crippen LogP contribution in [0.5, 0.6) is 0 Å². The third-order valence-electron chi connectivity index (χ3n) is 2.99. The number of amides is 1. The van der Waals surface area contributed by atoms with E-state index in [9.17, 15) is 4.79 Å². The summed E-state index contributed by atoms with van der Waals surface area (Å²) in [5, 5.41) is 13.4. The average molecular weight is 248 g/mol. The van der Waals surface area contributed by atoms with Gasteiger partial charge in [0.05, 0.1) is 17.6 Å². The number of hydrogen-bond donors (Lipinski definition) is 3. The second-order valence-corrected chi connectivity index (χ2v) is 4.17. The van der Waals surface area contributed by atoms with E-state index in [2.05, 4.69) is 20.6 Å². The summed E-state index contributed by atoms with van der Waals surface area (Å²) < 4.78 is 1.76. The van der Waals surface area contributed by atoms with E-state index in [4.69, 9.17) is 5.73 Å². The molecule has 0 unspecified atom stereocenters. The molecule has 4 N–H and O–H groups in total. The summed E-state index contributed by atoms with van der Waals surface area (Å²) >= 11 is 0. The Balaban J connectivity index is 2.05. The summed E-state index contributed by atoms with van der Waals surface area (Å²) in [5.74, 6) is -0.292. The second kappa shape index (κ2) is 4.52. The van der Waals surface area contributed by atoms with Crippen molar-refractivity contribution in [3.63, 3.8) is 0 Å². The fourth-order valence-electron chi connectivity index (χ4n) is 1.59. The molecule has 0 aliphatic heterocycles. The number of aromatic nitrogens is 4. The zero-order valence-corrected chi connectivity index (χ0v) is 10.6. The highest BCUT2D eigenvalue weighted by Crippen LogP contribution is 2.12. The van der Waals surface area contributed by atoms with Crippen molar-refractivity contribution in [2.45, 2.75) is 20.4 Å². The fourth-order valence-corrected chi connectivity index (χ4v) is 1.59. The van der Waals surface area contributed by atoms with Crippen LogP contribution in [0.25, 0.3) is 0 Å². The van der Waals surface area contributed by atoms with Crippen molar-refractivity contribution in [1.82, 2.24) is 25.3 Å². The van der Waals surface area contributed by atoms with Gasteiger partial charge in [0.2, 0.25) is 0 Å². The molecule has 7 nitrogen and oxygen atoms in total. The number of nitrogens with two attached hydrogens (primary N) is 1. The Bertz CT molecular complexity index is 582. The summed E-state index contributed by atoms with van der Waals surface area (Å²) in [4.78, 5) is 11.9. The van der Waals surface area contributed by atoms with E-state index in [1.54, 1.807) is 17.8 Å². The van der Waals surface area contributed by atoms with E-state index >= 15 is 0 Å². The molecule has 0 saturated heterocycles. The van der Waals surface area contributed by atoms with Gasteiger partial charge in [0.15, 0.2) is 5.69 Å². The SMILES string of the molecule is Cc1[nH]nc(C(=O)NCc2cnn(C)c2C)c1N. The molecule has 7 heteroatoms. The molecule has 0 aliphatic carbocycles. The minimum absolute atomic E-state index is 0.231. The first-order valence-corrected chi connectivity index (χ1v) is 5.56. The average Bonchev–Trinajstić information content (AvgIpc) is 2.83. The molecule has 0 saturated carbocycles. The predicted octanol–water partition coefficient (Wildman–Crippen LogP) is 0.272. The molecule has 2 aromatic heterocycles. The molecule has 0 aromatic carbocycles. The molecular formula is C11H16N6O. The van der Waals surface area contributed by atoms with Gasteiger partial charge in [-0.2, -0.15) is 10.2 Å². The molecule has 96 valence electrons. The van der Waals surface area contributed by atoms with Crippen molar-refractivity contribution < 1.29 is 4.79 Å². The maximum atomic E-state index is 11.9. The third-order valence-corrected chi connectivity index (χ3v) is 2.99. The standard InChI is InChI=1S/C11H16N6O/c1-6-9(12)10(16-15-6)11(18)13-4-8-5-14-17(3)7(8)2/h5H,4,12H2,1-3H3,(H,13,18)(H,15,16). The van der Waals surface area contributed by atoms with E-state index in [1.165, 1.54) is 0 Å². The molecule has 2 rings (SSSR count). The van der Waals surface area contributed by atoms with Crippen LogP contribution in [-0.2, 0) is 13.6 Å². The molecule has 2 aromatic rings. The van der Waals surface area contributed by atoms with Crippen molar-refractivity contribution in [3.8, 4) is 0 Å². The predicted molar refractivity (Wildman–Crippen MR) is 66.9 cm³/mol. The Morgan fingerprint density at radius 2 is 2.28 bits per heavy atom. The van der Waals surface area contributed by atoms with Crippen LogP contribution in [0, 0.1) is 13.8 Å². The van der Waals surface area contributed by atoms with Crippen LogP contribution in [0.3, 0.4) is 0 Å². The molecule has 2 heterocycles. The van der Waals surface area contributed by atoms with Crippen LogP contribution in [0.4, 0.5) is 5.69 Å². The second-order valence-electron chi connectivity index (χ2n) is 4.17. The lowest BCUT2D eigenvalue weighted by molar-refractivity contribution is 0.0946. The third kappa shape index (κ3) is 2.06. The van der Waals surface area contributed by atoms with Gasteiger partial charge in [-0.25, -0.2) is 0 Å². The van der Waals surface area contributed by atoms with Crippen molar-refractivity contribution >= 4 is 11.6 Å². The summed E-state index contributed by atoms with van der Waals surface area (Å²) in [6.07, 6.45) is 1.73. The Labute approximate surface area is 104 Å². The number of rotatable bonds is 3. The van der Waals surface area contributed by atoms with Gasteiger partial charge >= 0.3 is 0 Å². The quantitative estimate of drug-likeness (QED) is 0.725. The highest BCUT2D eigenvalue weighted by molar-refractivity contribution is 5.97. The lowest BCUT2D eigenvalue weighted by atomic mass is 10.2. The monoisotopic (exact) mass is 248 g/mol. The van der Waals surface area contributed by atoms with Crippen LogP contribution in [-0.4, -0.2) is 25.9 Å². The first-order chi connectivity index (χ1) is 8.50. The van der Waals surface area contributed by atoms with Crippen molar-refractivity contribution in [3.05, 3.63) is 28.8 Å². The fraction of sp³-hybridized carbons (Fsp3) is 0.364. The summed E-state index contributed by atoms with van der Waals surface area (Å²) in [5.41, 5.74) is 9.03. The molecule has 0 radical (unpaired) electrons. The van der Waals surface area contributed by atoms with E-state index in [1.807, 2.05) is 14.0 Å². The molecule has 0 aliphatic rings. The van der Waals surface area contributed by atoms with Gasteiger partial charge < -0.3 is 11.1 Å². The van der Waals surface area contributed by atoms with Crippen LogP contribution in [0.1, 0.15) is 27.4 Å². The topological polar surface area (TPSA) is 102 Å². The minimum Gasteiger partial charge on any atom is -0.395 e. The van der Waals surface area contributed by atoms with E-state index in [0.29, 0.717) is 17.9 Å². The number of aromatic amines is 1. The number of carbonyl (C=O) groups is 1. The number of anilines is 1. The molecule has 0 spiro atoms. The van der Waals surface area contributed by atoms with Crippen LogP contribution >= 0.6 is 0 Å². The van der Waals surface area contributed by atoms with Crippen LogP contribution in [0.2, 0.25) is 0 Å². The van der Waals surface area contributed by atoms with Gasteiger partial charge in [0.25, 0.3) is 5.91 Å². The number of aryl methyl sites for hydroxylation is 2. The maximum Gasteiger partial charge on any atom is 0.274 e. The van der Waals surface area contributed by atoms with Gasteiger partial charge in [-0.3, -0.25) is 14.6 Å². The molecule has 1 amide bonds. The molecular weight excluding hydrogens is 232 g/mol. The van der Waals surface area contributed by atoms with Crippen molar-refractivity contribution in [2.24, 2.45) is 7.05 Å². The number of carbonyl (C=O) groups excluding carboxylic acids is 1. The van der Waals surface area contributed by atoms with Crippen LogP contribution in [0.15, 0.2) is 6.20 Å². The molecule has 18 heavy (non-hydrogen) atoms. The zero-order chi connectivity index (χ0) is 13.3. The highest BCUT2D eigenvalue weighted by Gasteiger charge is 2.15. The largest absolute Gasteiger partial charge is 0.395 e. The summed E-state index contributed by atoms with van der Waals surface area (Å²) in [7, 11) is 1.86. The number of nitrogens with one attached hydrogen (secondary N) is 2. The van der Waals surface area contributed by atoms with Gasteiger partial charge in [-0.1, -0.05) is 0 Å². The van der Waals surface area contributed by atoms with Gasteiger partial charge in [0, 0.05) is 24.8 Å². The lowest BCUT2D eigenvalue weighted by Crippen LogP contribution is -2.24. The Morgan fingerprint density at radius 1 is 1.56 bits per heavy atom. The maximum absolute atomic E-state index is 11.9. The smallest absolute Gasteiger partial charge is 0.274 e. The Kier molecular flexibility index (Phi) is 3.05. The number of H-pyrrole nitrogens is 1. The van der Waals surface area contributed by atoms with Gasteiger partial charge in [-0.15, -0.1) is 0 Å². The highest BCUT2D eigenvalue weighted by atomic mass is 16.1. The molecule has 0 fully saturated rings. The van der Waals surface area contributed by atoms with Gasteiger partial charge in [-0.05, 0) is 13.8 Å².